The first kappa shape index (κ1) is 20.8. The maximum absolute atomic E-state index is 11.6. The van der Waals surface area contributed by atoms with E-state index in [0.717, 1.165) is 5.56 Å². The van der Waals surface area contributed by atoms with E-state index in [1.54, 1.807) is 24.3 Å². The molecule has 0 saturated carbocycles. The Labute approximate surface area is 194 Å². The summed E-state index contributed by atoms with van der Waals surface area (Å²) in [7, 11) is 0. The van der Waals surface area contributed by atoms with Gasteiger partial charge in [-0.3, -0.25) is 10.1 Å². The Balaban J connectivity index is 1.53. The number of benzene rings is 3. The first-order valence-electron chi connectivity index (χ1n) is 10.4. The van der Waals surface area contributed by atoms with Crippen LogP contribution in [0.4, 0.5) is 5.69 Å². The van der Waals surface area contributed by atoms with Crippen LogP contribution < -0.4 is 4.74 Å². The van der Waals surface area contributed by atoms with E-state index in [4.69, 9.17) is 4.74 Å². The number of nitrogens with zero attached hydrogens (tertiary/aromatic N) is 5. The Morgan fingerprint density at radius 3 is 2.44 bits per heavy atom. The maximum Gasteiger partial charge on any atom is 0.278 e. The van der Waals surface area contributed by atoms with Gasteiger partial charge in [0, 0.05) is 17.8 Å². The number of nitriles is 1. The first-order valence-corrected chi connectivity index (χ1v) is 10.4. The third-order valence-electron chi connectivity index (χ3n) is 5.38. The number of rotatable bonds is 6. The Bertz CT molecular complexity index is 1540. The number of fused-ring (bicyclic) bond motifs is 1. The minimum absolute atomic E-state index is 0.0505. The monoisotopic (exact) mass is 447 g/mol. The summed E-state index contributed by atoms with van der Waals surface area (Å²) >= 11 is 0. The molecule has 8 heteroatoms. The largest absolute Gasteiger partial charge is 0.489 e. The van der Waals surface area contributed by atoms with Gasteiger partial charge >= 0.3 is 0 Å². The van der Waals surface area contributed by atoms with Crippen molar-refractivity contribution in [3.05, 3.63) is 112 Å². The van der Waals surface area contributed by atoms with Crippen molar-refractivity contribution >= 4 is 11.3 Å². The molecule has 8 nitrogen and oxygen atoms in total. The molecule has 0 fully saturated rings. The molecule has 0 aliphatic rings. The van der Waals surface area contributed by atoms with Crippen LogP contribution >= 0.6 is 0 Å². The van der Waals surface area contributed by atoms with Gasteiger partial charge in [0.25, 0.3) is 5.69 Å². The summed E-state index contributed by atoms with van der Waals surface area (Å²) in [6, 6.07) is 27.4. The highest BCUT2D eigenvalue weighted by Gasteiger charge is 2.21. The van der Waals surface area contributed by atoms with Crippen LogP contribution in [0.15, 0.2) is 91.1 Å². The molecule has 34 heavy (non-hydrogen) atoms. The molecule has 0 atom stereocenters. The van der Waals surface area contributed by atoms with Gasteiger partial charge in [-0.2, -0.15) is 10.4 Å². The molecular weight excluding hydrogens is 430 g/mol. The van der Waals surface area contributed by atoms with E-state index >= 15 is 0 Å². The maximum atomic E-state index is 11.6. The smallest absolute Gasteiger partial charge is 0.278 e. The van der Waals surface area contributed by atoms with Crippen LogP contribution in [-0.4, -0.2) is 19.5 Å². The third kappa shape index (κ3) is 3.82. The number of hydrogen-bond donors (Lipinski definition) is 0. The summed E-state index contributed by atoms with van der Waals surface area (Å²) in [6.07, 6.45) is 1.52. The van der Waals surface area contributed by atoms with Crippen LogP contribution in [0.3, 0.4) is 0 Å². The first-order chi connectivity index (χ1) is 16.7. The van der Waals surface area contributed by atoms with Gasteiger partial charge in [-0.1, -0.05) is 42.5 Å². The van der Waals surface area contributed by atoms with Crippen LogP contribution in [0.5, 0.6) is 5.75 Å². The fraction of sp³-hybridized carbons (Fsp3) is 0.0385. The van der Waals surface area contributed by atoms with Gasteiger partial charge in [0.2, 0.25) is 0 Å². The highest BCUT2D eigenvalue weighted by Crippen LogP contribution is 2.33. The van der Waals surface area contributed by atoms with Crippen molar-refractivity contribution in [1.29, 1.82) is 5.26 Å². The highest BCUT2D eigenvalue weighted by atomic mass is 16.6. The second-order valence-corrected chi connectivity index (χ2v) is 7.47. The van der Waals surface area contributed by atoms with Crippen molar-refractivity contribution < 1.29 is 9.66 Å². The number of nitro benzene ring substituents is 1. The van der Waals surface area contributed by atoms with Gasteiger partial charge in [-0.05, 0) is 42.0 Å². The van der Waals surface area contributed by atoms with Crippen LogP contribution in [0.2, 0.25) is 0 Å². The molecule has 164 valence electrons. The summed E-state index contributed by atoms with van der Waals surface area (Å²) in [5.41, 5.74) is 3.65. The zero-order valence-corrected chi connectivity index (χ0v) is 17.8. The van der Waals surface area contributed by atoms with Crippen LogP contribution in [-0.2, 0) is 6.61 Å². The molecule has 0 radical (unpaired) electrons. The van der Waals surface area contributed by atoms with Crippen molar-refractivity contribution in [1.82, 2.24) is 14.6 Å². The predicted octanol–water partition coefficient (Wildman–Crippen LogP) is 5.42. The highest BCUT2D eigenvalue weighted by molar-refractivity contribution is 5.79. The summed E-state index contributed by atoms with van der Waals surface area (Å²) in [6.45, 7) is 0.446. The molecule has 0 aliphatic carbocycles. The molecule has 2 heterocycles. The Morgan fingerprint density at radius 1 is 0.971 bits per heavy atom. The minimum Gasteiger partial charge on any atom is -0.489 e. The SMILES string of the molecule is N#Cc1c(-c2ccc(OCc3ccccc3)cc2)nn2c(-c3ccccc3[N+](=O)[O-])ccnc12. The van der Waals surface area contributed by atoms with E-state index in [2.05, 4.69) is 16.2 Å². The summed E-state index contributed by atoms with van der Waals surface area (Å²) in [5.74, 6) is 0.689. The average Bonchev–Trinajstić information content (AvgIpc) is 3.27. The van der Waals surface area contributed by atoms with E-state index in [1.807, 2.05) is 54.6 Å². The molecule has 0 saturated heterocycles. The van der Waals surface area contributed by atoms with Crippen molar-refractivity contribution in [2.45, 2.75) is 6.61 Å². The van der Waals surface area contributed by atoms with E-state index in [1.165, 1.54) is 16.8 Å². The normalized spacial score (nSPS) is 10.7. The number of para-hydroxylation sites is 1. The second kappa shape index (κ2) is 8.84. The topological polar surface area (TPSA) is 106 Å². The quantitative estimate of drug-likeness (QED) is 0.254. The second-order valence-electron chi connectivity index (χ2n) is 7.47. The van der Waals surface area contributed by atoms with E-state index in [-0.39, 0.29) is 5.69 Å². The zero-order valence-electron chi connectivity index (χ0n) is 17.8. The van der Waals surface area contributed by atoms with Gasteiger partial charge in [0.15, 0.2) is 5.65 Å². The Hall–Kier alpha value is -5.03. The summed E-state index contributed by atoms with van der Waals surface area (Å²) in [4.78, 5) is 15.4. The number of nitro groups is 1. The number of hydrogen-bond acceptors (Lipinski definition) is 6. The van der Waals surface area contributed by atoms with Crippen molar-refractivity contribution in [2.24, 2.45) is 0 Å². The minimum atomic E-state index is -0.439. The van der Waals surface area contributed by atoms with Crippen molar-refractivity contribution in [3.8, 4) is 34.3 Å². The molecule has 0 unspecified atom stereocenters. The molecule has 5 aromatic rings. The lowest BCUT2D eigenvalue weighted by Gasteiger charge is -2.07. The fourth-order valence-electron chi connectivity index (χ4n) is 3.75. The molecule has 0 bridgehead atoms. The Morgan fingerprint density at radius 2 is 1.71 bits per heavy atom. The van der Waals surface area contributed by atoms with E-state index in [0.29, 0.717) is 46.1 Å². The molecule has 5 rings (SSSR count). The third-order valence-corrected chi connectivity index (χ3v) is 5.38. The lowest BCUT2D eigenvalue weighted by atomic mass is 10.1. The van der Waals surface area contributed by atoms with Gasteiger partial charge in [0.05, 0.1) is 16.2 Å². The molecule has 3 aromatic carbocycles. The molecule has 0 aliphatic heterocycles. The average molecular weight is 447 g/mol. The van der Waals surface area contributed by atoms with Crippen LogP contribution in [0.25, 0.3) is 28.2 Å². The molecule has 0 amide bonds. The number of ether oxygens (including phenoxy) is 1. The van der Waals surface area contributed by atoms with Crippen molar-refractivity contribution in [2.75, 3.05) is 0 Å². The van der Waals surface area contributed by atoms with Crippen LogP contribution in [0.1, 0.15) is 11.1 Å². The van der Waals surface area contributed by atoms with Crippen molar-refractivity contribution in [3.63, 3.8) is 0 Å². The van der Waals surface area contributed by atoms with Gasteiger partial charge in [-0.25, -0.2) is 9.50 Å². The van der Waals surface area contributed by atoms with Gasteiger partial charge < -0.3 is 4.74 Å². The Kier molecular flexibility index (Phi) is 5.42. The van der Waals surface area contributed by atoms with Gasteiger partial charge in [-0.15, -0.1) is 0 Å². The number of aromatic nitrogens is 3. The molecule has 0 spiro atoms. The van der Waals surface area contributed by atoms with Crippen LogP contribution in [0, 0.1) is 21.4 Å². The van der Waals surface area contributed by atoms with E-state index in [9.17, 15) is 15.4 Å². The predicted molar refractivity (Wildman–Crippen MR) is 126 cm³/mol. The summed E-state index contributed by atoms with van der Waals surface area (Å²) in [5, 5.41) is 26.0. The summed E-state index contributed by atoms with van der Waals surface area (Å²) < 4.78 is 7.33. The zero-order chi connectivity index (χ0) is 23.5. The molecule has 0 N–H and O–H groups in total. The molecule has 2 aromatic heterocycles. The van der Waals surface area contributed by atoms with Gasteiger partial charge in [0.1, 0.15) is 29.7 Å². The molecular formula is C26H17N5O3. The lowest BCUT2D eigenvalue weighted by Crippen LogP contribution is -1.99. The lowest BCUT2D eigenvalue weighted by molar-refractivity contribution is -0.384. The van der Waals surface area contributed by atoms with E-state index < -0.39 is 4.92 Å². The fourth-order valence-corrected chi connectivity index (χ4v) is 3.75. The standard InChI is InChI=1S/C26H17N5O3/c27-16-22-25(19-10-12-20(13-11-19)34-17-18-6-2-1-3-7-18)29-30-23(14-15-28-26(22)30)21-8-4-5-9-24(21)31(32)33/h1-15H,17H2.